The average molecular weight is 197 g/mol. The van der Waals surface area contributed by atoms with Crippen molar-refractivity contribution in [3.05, 3.63) is 0 Å². The van der Waals surface area contributed by atoms with E-state index in [1.807, 2.05) is 13.8 Å². The lowest BCUT2D eigenvalue weighted by molar-refractivity contribution is -0.193. The molecule has 0 aromatic heterocycles. The van der Waals surface area contributed by atoms with Crippen molar-refractivity contribution in [3.63, 3.8) is 0 Å². The third kappa shape index (κ3) is 1.34. The van der Waals surface area contributed by atoms with Crippen molar-refractivity contribution in [3.8, 4) is 0 Å². The molecule has 3 nitrogen and oxygen atoms in total. The van der Waals surface area contributed by atoms with E-state index >= 15 is 0 Å². The van der Waals surface area contributed by atoms with E-state index in [1.54, 1.807) is 0 Å². The topological polar surface area (TPSA) is 52.3 Å². The minimum atomic E-state index is -0.307. The number of hydrogen-bond acceptors (Lipinski definition) is 3. The number of carbonyl (C=O) groups excluding carboxylic acids is 1. The summed E-state index contributed by atoms with van der Waals surface area (Å²) in [6, 6.07) is 0. The number of nitrogens with two attached hydrogens (primary N) is 1. The zero-order valence-corrected chi connectivity index (χ0v) is 8.95. The number of rotatable bonds is 1. The Kier molecular flexibility index (Phi) is 2.30. The van der Waals surface area contributed by atoms with Crippen molar-refractivity contribution in [1.82, 2.24) is 0 Å². The lowest BCUT2D eigenvalue weighted by atomic mass is 9.64. The molecule has 2 fully saturated rings. The van der Waals surface area contributed by atoms with E-state index in [0.717, 1.165) is 19.3 Å². The summed E-state index contributed by atoms with van der Waals surface area (Å²) in [4.78, 5) is 11.7. The molecule has 0 aromatic rings. The number of carbonyl (C=O) groups is 1. The Balaban J connectivity index is 2.29. The van der Waals surface area contributed by atoms with Crippen molar-refractivity contribution >= 4 is 5.97 Å². The maximum Gasteiger partial charge on any atom is 0.309 e. The van der Waals surface area contributed by atoms with Crippen molar-refractivity contribution in [2.75, 3.05) is 6.54 Å². The summed E-state index contributed by atoms with van der Waals surface area (Å²) >= 11 is 0. The first-order valence-electron chi connectivity index (χ1n) is 5.49. The second-order valence-electron chi connectivity index (χ2n) is 5.07. The zero-order chi connectivity index (χ0) is 10.3. The van der Waals surface area contributed by atoms with Gasteiger partial charge in [0, 0.05) is 5.92 Å². The normalized spacial score (nSPS) is 40.5. The molecule has 2 rings (SSSR count). The zero-order valence-electron chi connectivity index (χ0n) is 8.95. The summed E-state index contributed by atoms with van der Waals surface area (Å²) in [6.07, 6.45) is 3.26. The Hall–Kier alpha value is -0.570. The molecule has 3 atom stereocenters. The molecule has 2 bridgehead atoms. The van der Waals surface area contributed by atoms with Crippen LogP contribution in [-0.2, 0) is 9.53 Å². The van der Waals surface area contributed by atoms with Crippen LogP contribution in [0.1, 0.15) is 33.1 Å². The fourth-order valence-electron chi connectivity index (χ4n) is 3.16. The molecule has 14 heavy (non-hydrogen) atoms. The summed E-state index contributed by atoms with van der Waals surface area (Å²) in [7, 11) is 0. The third-order valence-corrected chi connectivity index (χ3v) is 3.90. The van der Waals surface area contributed by atoms with Gasteiger partial charge < -0.3 is 10.5 Å². The smallest absolute Gasteiger partial charge is 0.309 e. The first-order chi connectivity index (χ1) is 6.56. The summed E-state index contributed by atoms with van der Waals surface area (Å²) in [5.41, 5.74) is 5.46. The van der Waals surface area contributed by atoms with Crippen molar-refractivity contribution in [2.45, 2.75) is 38.7 Å². The van der Waals surface area contributed by atoms with Crippen LogP contribution in [-0.4, -0.2) is 18.1 Å². The van der Waals surface area contributed by atoms with Crippen LogP contribution in [0, 0.1) is 17.8 Å². The van der Waals surface area contributed by atoms with Gasteiger partial charge in [-0.2, -0.15) is 0 Å². The van der Waals surface area contributed by atoms with Gasteiger partial charge in [-0.1, -0.05) is 6.42 Å². The number of esters is 1. The minimum absolute atomic E-state index is 0.0265. The van der Waals surface area contributed by atoms with Crippen LogP contribution in [0.25, 0.3) is 0 Å². The Labute approximate surface area is 85.0 Å². The number of cyclic esters (lactones) is 1. The fourth-order valence-corrected chi connectivity index (χ4v) is 3.16. The van der Waals surface area contributed by atoms with Crippen molar-refractivity contribution in [1.29, 1.82) is 0 Å². The molecule has 0 aromatic carbocycles. The summed E-state index contributed by atoms with van der Waals surface area (Å²) in [5, 5.41) is 0. The van der Waals surface area contributed by atoms with Crippen LogP contribution in [0.15, 0.2) is 0 Å². The van der Waals surface area contributed by atoms with Crippen LogP contribution in [0.4, 0.5) is 0 Å². The van der Waals surface area contributed by atoms with Gasteiger partial charge in [0.25, 0.3) is 0 Å². The molecule has 80 valence electrons. The molecule has 0 amide bonds. The van der Waals surface area contributed by atoms with Gasteiger partial charge in [-0.25, -0.2) is 0 Å². The minimum Gasteiger partial charge on any atom is -0.459 e. The maximum atomic E-state index is 11.7. The lowest BCUT2D eigenvalue weighted by Crippen LogP contribution is -2.55. The van der Waals surface area contributed by atoms with E-state index < -0.39 is 0 Å². The predicted octanol–water partition coefficient (Wildman–Crippen LogP) is 1.31. The molecule has 1 saturated heterocycles. The first-order valence-corrected chi connectivity index (χ1v) is 5.49. The molecule has 1 aliphatic carbocycles. The second-order valence-corrected chi connectivity index (χ2v) is 5.07. The molecule has 3 heteroatoms. The molecular weight excluding hydrogens is 178 g/mol. The van der Waals surface area contributed by atoms with Crippen LogP contribution in [0.5, 0.6) is 0 Å². The monoisotopic (exact) mass is 197 g/mol. The highest BCUT2D eigenvalue weighted by molar-refractivity contribution is 5.74. The molecule has 2 N–H and O–H groups in total. The number of ether oxygens (including phenoxy) is 1. The van der Waals surface area contributed by atoms with E-state index in [1.165, 1.54) is 0 Å². The third-order valence-electron chi connectivity index (χ3n) is 3.90. The largest absolute Gasteiger partial charge is 0.459 e. The Bertz CT molecular complexity index is 250. The predicted molar refractivity (Wildman–Crippen MR) is 53.5 cm³/mol. The highest BCUT2D eigenvalue weighted by Gasteiger charge is 2.50. The van der Waals surface area contributed by atoms with Gasteiger partial charge >= 0.3 is 5.97 Å². The molecule has 0 radical (unpaired) electrons. The van der Waals surface area contributed by atoms with Gasteiger partial charge in [0.05, 0.1) is 5.92 Å². The lowest BCUT2D eigenvalue weighted by Gasteiger charge is -2.49. The van der Waals surface area contributed by atoms with Crippen molar-refractivity contribution < 1.29 is 9.53 Å². The van der Waals surface area contributed by atoms with E-state index in [4.69, 9.17) is 10.5 Å². The molecule has 2 aliphatic rings. The highest BCUT2D eigenvalue weighted by Crippen LogP contribution is 2.46. The fraction of sp³-hybridized carbons (Fsp3) is 0.909. The Morgan fingerprint density at radius 3 is 2.86 bits per heavy atom. The van der Waals surface area contributed by atoms with E-state index in [-0.39, 0.29) is 17.5 Å². The molecule has 1 heterocycles. The summed E-state index contributed by atoms with van der Waals surface area (Å²) in [5.74, 6) is 0.858. The molecule has 0 unspecified atom stereocenters. The first kappa shape index (κ1) is 9.97. The van der Waals surface area contributed by atoms with E-state index in [9.17, 15) is 4.79 Å². The van der Waals surface area contributed by atoms with E-state index in [2.05, 4.69) is 0 Å². The Morgan fingerprint density at radius 1 is 1.50 bits per heavy atom. The molecule has 1 saturated carbocycles. The Morgan fingerprint density at radius 2 is 2.21 bits per heavy atom. The number of hydrogen-bond donors (Lipinski definition) is 1. The quantitative estimate of drug-likeness (QED) is 0.645. The van der Waals surface area contributed by atoms with Crippen LogP contribution in [0.2, 0.25) is 0 Å². The van der Waals surface area contributed by atoms with Crippen LogP contribution in [0.3, 0.4) is 0 Å². The molecule has 0 spiro atoms. The van der Waals surface area contributed by atoms with Gasteiger partial charge in [0.1, 0.15) is 5.60 Å². The van der Waals surface area contributed by atoms with Crippen molar-refractivity contribution in [2.24, 2.45) is 23.5 Å². The summed E-state index contributed by atoms with van der Waals surface area (Å²) < 4.78 is 5.48. The van der Waals surface area contributed by atoms with Gasteiger partial charge in [-0.15, -0.1) is 0 Å². The maximum absolute atomic E-state index is 11.7. The number of fused-ring (bicyclic) bond motifs is 2. The van der Waals surface area contributed by atoms with Gasteiger partial charge in [-0.3, -0.25) is 4.79 Å². The van der Waals surface area contributed by atoms with Gasteiger partial charge in [0.15, 0.2) is 0 Å². The second kappa shape index (κ2) is 3.23. The van der Waals surface area contributed by atoms with Crippen LogP contribution >= 0.6 is 0 Å². The van der Waals surface area contributed by atoms with Gasteiger partial charge in [-0.05, 0) is 39.2 Å². The highest BCUT2D eigenvalue weighted by atomic mass is 16.6. The van der Waals surface area contributed by atoms with Crippen LogP contribution < -0.4 is 5.73 Å². The van der Waals surface area contributed by atoms with Gasteiger partial charge in [0.2, 0.25) is 0 Å². The van der Waals surface area contributed by atoms with E-state index in [0.29, 0.717) is 18.4 Å². The molecule has 1 aliphatic heterocycles. The SMILES string of the molecule is CC1(C)OC(=O)[C@@H]2CCC[C@H]1[C@H]2CN. The molecular formula is C11H19NO2. The average Bonchev–Trinajstić information content (AvgIpc) is 2.14. The summed E-state index contributed by atoms with van der Waals surface area (Å²) in [6.45, 7) is 4.65. The standard InChI is InChI=1S/C11H19NO2/c1-11(2)9-5-3-4-7(8(9)6-12)10(13)14-11/h7-9H,3-6,12H2,1-2H3/t7-,8+,9+/m1/s1.